The van der Waals surface area contributed by atoms with Crippen molar-refractivity contribution >= 4 is 29.5 Å². The van der Waals surface area contributed by atoms with Gasteiger partial charge in [-0.15, -0.1) is 0 Å². The van der Waals surface area contributed by atoms with Gasteiger partial charge in [-0.1, -0.05) is 36.4 Å². The van der Waals surface area contributed by atoms with Crippen LogP contribution in [0.4, 0.5) is 0 Å². The summed E-state index contributed by atoms with van der Waals surface area (Å²) in [5, 5.41) is 0. The minimum absolute atomic E-state index is 0.0164. The second kappa shape index (κ2) is 9.47. The van der Waals surface area contributed by atoms with Crippen molar-refractivity contribution in [3.05, 3.63) is 47.7 Å². The number of rotatable bonds is 6. The lowest BCUT2D eigenvalue weighted by atomic mass is 9.71. The van der Waals surface area contributed by atoms with Crippen LogP contribution in [-0.4, -0.2) is 58.8 Å². The number of likely N-dealkylation sites (tertiary alicyclic amines) is 1. The van der Waals surface area contributed by atoms with E-state index >= 15 is 0 Å². The molecular weight excluding hydrogens is 412 g/mol. The lowest BCUT2D eigenvalue weighted by Crippen LogP contribution is -2.52. The number of esters is 1. The van der Waals surface area contributed by atoms with E-state index in [1.165, 1.54) is 0 Å². The van der Waals surface area contributed by atoms with Gasteiger partial charge in [0.05, 0.1) is 13.2 Å². The van der Waals surface area contributed by atoms with Gasteiger partial charge in [0.15, 0.2) is 0 Å². The predicted molar refractivity (Wildman–Crippen MR) is 120 cm³/mol. The lowest BCUT2D eigenvalue weighted by molar-refractivity contribution is -0.161. The molecule has 0 N–H and O–H groups in total. The number of carbonyl (C=O) groups is 3. The van der Waals surface area contributed by atoms with Crippen molar-refractivity contribution < 1.29 is 19.1 Å². The van der Waals surface area contributed by atoms with Crippen LogP contribution >= 0.6 is 11.8 Å². The fourth-order valence-corrected chi connectivity index (χ4v) is 5.90. The van der Waals surface area contributed by atoms with E-state index in [9.17, 15) is 14.4 Å². The number of ether oxygens (including phenoxy) is 1. The summed E-state index contributed by atoms with van der Waals surface area (Å²) in [6, 6.07) is 9.79. The molecular formula is C24H30N2O4S. The number of thioether (sulfide) groups is 1. The van der Waals surface area contributed by atoms with E-state index in [4.69, 9.17) is 4.74 Å². The second-order valence-corrected chi connectivity index (χ2v) is 9.66. The van der Waals surface area contributed by atoms with Crippen molar-refractivity contribution in [2.24, 2.45) is 11.3 Å². The van der Waals surface area contributed by atoms with E-state index in [0.29, 0.717) is 26.0 Å². The molecule has 0 saturated carbocycles. The molecule has 166 valence electrons. The summed E-state index contributed by atoms with van der Waals surface area (Å²) in [5.41, 5.74) is 0.931. The third-order valence-corrected chi connectivity index (χ3v) is 7.48. The normalized spacial score (nSPS) is 25.8. The molecule has 7 heteroatoms. The van der Waals surface area contributed by atoms with Gasteiger partial charge in [-0.2, -0.15) is 11.8 Å². The Balaban J connectivity index is 1.62. The number of allylic oxidation sites excluding steroid dienone is 1. The van der Waals surface area contributed by atoms with Gasteiger partial charge in [0.1, 0.15) is 5.41 Å². The zero-order valence-corrected chi connectivity index (χ0v) is 18.9. The molecule has 6 nitrogen and oxygen atoms in total. The third-order valence-electron chi connectivity index (χ3n) is 6.53. The molecule has 0 radical (unpaired) electrons. The lowest BCUT2D eigenvalue weighted by Gasteiger charge is -2.44. The quantitative estimate of drug-likeness (QED) is 0.633. The molecule has 1 aliphatic carbocycles. The van der Waals surface area contributed by atoms with Crippen molar-refractivity contribution in [3.63, 3.8) is 0 Å². The van der Waals surface area contributed by atoms with Crippen LogP contribution in [-0.2, 0) is 25.7 Å². The smallest absolute Gasteiger partial charge is 0.318 e. The third kappa shape index (κ3) is 4.38. The van der Waals surface area contributed by atoms with Crippen LogP contribution in [0.15, 0.2) is 42.1 Å². The summed E-state index contributed by atoms with van der Waals surface area (Å²) in [5.74, 6) is 1.05. The van der Waals surface area contributed by atoms with E-state index in [0.717, 1.165) is 42.3 Å². The summed E-state index contributed by atoms with van der Waals surface area (Å²) in [6.07, 6.45) is 3.89. The number of hydrogen-bond acceptors (Lipinski definition) is 5. The Hall–Kier alpha value is -2.28. The Labute approximate surface area is 188 Å². The number of nitrogens with zero attached hydrogens (tertiary/aromatic N) is 2. The summed E-state index contributed by atoms with van der Waals surface area (Å²) in [6.45, 7) is 3.96. The average Bonchev–Trinajstić information content (AvgIpc) is 3.23. The molecule has 3 aliphatic rings. The number of carbonyl (C=O) groups excluding carboxylic acids is 3. The first-order chi connectivity index (χ1) is 15.0. The fourth-order valence-electron chi connectivity index (χ4n) is 5.00. The van der Waals surface area contributed by atoms with Gasteiger partial charge in [0.25, 0.3) is 0 Å². The molecule has 0 aromatic heterocycles. The number of hydrogen-bond donors (Lipinski definition) is 0. The van der Waals surface area contributed by atoms with Crippen LogP contribution in [0.25, 0.3) is 0 Å². The van der Waals surface area contributed by atoms with Gasteiger partial charge < -0.3 is 14.5 Å². The second-order valence-electron chi connectivity index (χ2n) is 8.44. The summed E-state index contributed by atoms with van der Waals surface area (Å²) >= 11 is 1.85. The first kappa shape index (κ1) is 21.9. The molecule has 1 aromatic carbocycles. The molecule has 2 fully saturated rings. The molecule has 2 aliphatic heterocycles. The van der Waals surface area contributed by atoms with Crippen molar-refractivity contribution in [3.8, 4) is 0 Å². The summed E-state index contributed by atoms with van der Waals surface area (Å²) in [7, 11) is 0. The van der Waals surface area contributed by atoms with Gasteiger partial charge in [-0.3, -0.25) is 14.4 Å². The van der Waals surface area contributed by atoms with Crippen LogP contribution in [0.3, 0.4) is 0 Å². The van der Waals surface area contributed by atoms with Crippen LogP contribution in [0.5, 0.6) is 0 Å². The molecule has 2 heterocycles. The standard InChI is InChI=1S/C24H30N2O4S/c1-2-30-23(29)24-10-6-9-20(24)26(17-18-7-4-3-5-8-18)22(28)19(16-24)15-21(27)25-11-13-31-14-12-25/h3-5,7-9,19H,2,6,10-17H2,1H3/t19-,24+/m1/s1. The first-order valence-electron chi connectivity index (χ1n) is 11.1. The summed E-state index contributed by atoms with van der Waals surface area (Å²) in [4.78, 5) is 43.3. The van der Waals surface area contributed by atoms with Gasteiger partial charge in [0, 0.05) is 42.6 Å². The van der Waals surface area contributed by atoms with Gasteiger partial charge in [-0.25, -0.2) is 0 Å². The maximum Gasteiger partial charge on any atom is 0.318 e. The van der Waals surface area contributed by atoms with Crippen LogP contribution < -0.4 is 0 Å². The minimum atomic E-state index is -0.832. The SMILES string of the molecule is CCOC(=O)[C@]12CCC=C1N(Cc1ccccc1)C(=O)[C@H](CC(=O)N1CCSCC1)C2. The Morgan fingerprint density at radius 1 is 1.19 bits per heavy atom. The molecule has 2 saturated heterocycles. The van der Waals surface area contributed by atoms with Crippen molar-refractivity contribution in [1.82, 2.24) is 9.80 Å². The van der Waals surface area contributed by atoms with Crippen molar-refractivity contribution in [1.29, 1.82) is 0 Å². The molecule has 0 spiro atoms. The fraction of sp³-hybridized carbons (Fsp3) is 0.542. The monoisotopic (exact) mass is 442 g/mol. The Bertz CT molecular complexity index is 866. The van der Waals surface area contributed by atoms with Gasteiger partial charge in [-0.05, 0) is 31.7 Å². The predicted octanol–water partition coefficient (Wildman–Crippen LogP) is 3.23. The maximum atomic E-state index is 13.6. The molecule has 0 bridgehead atoms. The summed E-state index contributed by atoms with van der Waals surface area (Å²) < 4.78 is 5.47. The van der Waals surface area contributed by atoms with Gasteiger partial charge in [0.2, 0.25) is 11.8 Å². The van der Waals surface area contributed by atoms with Crippen LogP contribution in [0.1, 0.15) is 38.2 Å². The molecule has 2 atom stereocenters. The number of fused-ring (bicyclic) bond motifs is 1. The molecule has 0 unspecified atom stereocenters. The Kier molecular flexibility index (Phi) is 6.70. The topological polar surface area (TPSA) is 66.9 Å². The zero-order chi connectivity index (χ0) is 21.8. The highest BCUT2D eigenvalue weighted by Gasteiger charge is 2.55. The zero-order valence-electron chi connectivity index (χ0n) is 18.0. The van der Waals surface area contributed by atoms with Gasteiger partial charge >= 0.3 is 5.97 Å². The van der Waals surface area contributed by atoms with E-state index < -0.39 is 11.3 Å². The molecule has 31 heavy (non-hydrogen) atoms. The van der Waals surface area contributed by atoms with Crippen LogP contribution in [0, 0.1) is 11.3 Å². The highest BCUT2D eigenvalue weighted by molar-refractivity contribution is 7.99. The number of piperidine rings is 1. The first-order valence-corrected chi connectivity index (χ1v) is 12.3. The van der Waals surface area contributed by atoms with Crippen molar-refractivity contribution in [2.45, 2.75) is 39.2 Å². The highest BCUT2D eigenvalue weighted by atomic mass is 32.2. The highest BCUT2D eigenvalue weighted by Crippen LogP contribution is 2.51. The minimum Gasteiger partial charge on any atom is -0.465 e. The largest absolute Gasteiger partial charge is 0.465 e. The van der Waals surface area contributed by atoms with Crippen LogP contribution in [0.2, 0.25) is 0 Å². The average molecular weight is 443 g/mol. The number of amides is 2. The van der Waals surface area contributed by atoms with E-state index in [2.05, 4.69) is 0 Å². The molecule has 2 amide bonds. The Morgan fingerprint density at radius 2 is 1.94 bits per heavy atom. The molecule has 1 aromatic rings. The molecule has 4 rings (SSSR count). The van der Waals surface area contributed by atoms with Crippen molar-refractivity contribution in [2.75, 3.05) is 31.2 Å². The van der Waals surface area contributed by atoms with E-state index in [1.807, 2.05) is 53.1 Å². The maximum absolute atomic E-state index is 13.6. The Morgan fingerprint density at radius 3 is 2.65 bits per heavy atom. The van der Waals surface area contributed by atoms with E-state index in [-0.39, 0.29) is 24.2 Å². The number of benzene rings is 1. The van der Waals surface area contributed by atoms with E-state index in [1.54, 1.807) is 11.8 Å².